The largest absolute Gasteiger partial charge is 0.396 e. The van der Waals surface area contributed by atoms with E-state index in [0.29, 0.717) is 18.6 Å². The van der Waals surface area contributed by atoms with Gasteiger partial charge in [0.1, 0.15) is 0 Å². The summed E-state index contributed by atoms with van der Waals surface area (Å²) >= 11 is 0. The maximum Gasteiger partial charge on any atom is 0.0474 e. The second-order valence-electron chi connectivity index (χ2n) is 3.06. The minimum Gasteiger partial charge on any atom is -0.396 e. The Bertz CT molecular complexity index is 79.3. The monoisotopic (exact) mass is 145 g/mol. The Kier molecular flexibility index (Phi) is 4.65. The molecule has 2 nitrogen and oxygen atoms in total. The lowest BCUT2D eigenvalue weighted by atomic mass is 9.99. The number of nitrogens with zero attached hydrogens (tertiary/aromatic N) is 1. The van der Waals surface area contributed by atoms with Crippen LogP contribution in [0, 0.1) is 5.92 Å². The summed E-state index contributed by atoms with van der Waals surface area (Å²) < 4.78 is 0. The standard InChI is InChI=1S/C8H19NO/c1-5-8(6-10)7(2)9(3)4/h7-8,10H,5-6H2,1-4H3. The van der Waals surface area contributed by atoms with Gasteiger partial charge < -0.3 is 10.0 Å². The van der Waals surface area contributed by atoms with Crippen molar-refractivity contribution in [1.29, 1.82) is 0 Å². The molecule has 1 N–H and O–H groups in total. The van der Waals surface area contributed by atoms with Crippen LogP contribution < -0.4 is 0 Å². The van der Waals surface area contributed by atoms with Crippen LogP contribution in [-0.2, 0) is 0 Å². The van der Waals surface area contributed by atoms with Gasteiger partial charge in [-0.15, -0.1) is 0 Å². The van der Waals surface area contributed by atoms with Crippen LogP contribution in [0.4, 0.5) is 0 Å². The van der Waals surface area contributed by atoms with Crippen LogP contribution in [0.15, 0.2) is 0 Å². The molecule has 0 fully saturated rings. The summed E-state index contributed by atoms with van der Waals surface area (Å²) in [6.07, 6.45) is 1.05. The smallest absolute Gasteiger partial charge is 0.0474 e. The fourth-order valence-corrected chi connectivity index (χ4v) is 1.04. The third-order valence-electron chi connectivity index (χ3n) is 2.26. The Hall–Kier alpha value is -0.0800. The molecule has 0 aromatic carbocycles. The van der Waals surface area contributed by atoms with E-state index in [-0.39, 0.29) is 0 Å². The molecule has 0 rings (SSSR count). The molecule has 2 unspecified atom stereocenters. The highest BCUT2D eigenvalue weighted by Gasteiger charge is 2.15. The average Bonchev–Trinajstić information content (AvgIpc) is 1.90. The number of hydrogen-bond acceptors (Lipinski definition) is 2. The van der Waals surface area contributed by atoms with Gasteiger partial charge in [-0.2, -0.15) is 0 Å². The zero-order chi connectivity index (χ0) is 8.15. The van der Waals surface area contributed by atoms with E-state index >= 15 is 0 Å². The second kappa shape index (κ2) is 4.69. The molecule has 2 heteroatoms. The molecule has 0 aliphatic carbocycles. The third kappa shape index (κ3) is 2.67. The Morgan fingerprint density at radius 3 is 2.00 bits per heavy atom. The van der Waals surface area contributed by atoms with Gasteiger partial charge in [-0.25, -0.2) is 0 Å². The Labute approximate surface area is 63.8 Å². The minimum absolute atomic E-state index is 0.301. The van der Waals surface area contributed by atoms with E-state index in [2.05, 4.69) is 18.7 Å². The van der Waals surface area contributed by atoms with Crippen molar-refractivity contribution in [3.05, 3.63) is 0 Å². The second-order valence-corrected chi connectivity index (χ2v) is 3.06. The first-order chi connectivity index (χ1) is 4.63. The molecule has 62 valence electrons. The van der Waals surface area contributed by atoms with Crippen LogP contribution in [0.3, 0.4) is 0 Å². The van der Waals surface area contributed by atoms with Crippen molar-refractivity contribution in [2.24, 2.45) is 5.92 Å². The van der Waals surface area contributed by atoms with E-state index < -0.39 is 0 Å². The van der Waals surface area contributed by atoms with Gasteiger partial charge in [0.25, 0.3) is 0 Å². The van der Waals surface area contributed by atoms with Gasteiger partial charge in [-0.3, -0.25) is 0 Å². The lowest BCUT2D eigenvalue weighted by molar-refractivity contribution is 0.140. The first-order valence-corrected chi connectivity index (χ1v) is 3.90. The van der Waals surface area contributed by atoms with E-state index in [0.717, 1.165) is 6.42 Å². The lowest BCUT2D eigenvalue weighted by Crippen LogP contribution is -2.34. The summed E-state index contributed by atoms with van der Waals surface area (Å²) in [4.78, 5) is 2.14. The van der Waals surface area contributed by atoms with Crippen molar-refractivity contribution in [3.63, 3.8) is 0 Å². The first kappa shape index (κ1) is 9.92. The molecule has 0 aromatic heterocycles. The molecule has 0 heterocycles. The van der Waals surface area contributed by atoms with Crippen LogP contribution >= 0.6 is 0 Å². The van der Waals surface area contributed by atoms with Crippen LogP contribution in [0.2, 0.25) is 0 Å². The zero-order valence-electron chi connectivity index (χ0n) is 7.46. The summed E-state index contributed by atoms with van der Waals surface area (Å²) in [6, 6.07) is 0.481. The summed E-state index contributed by atoms with van der Waals surface area (Å²) in [6.45, 7) is 4.56. The number of aliphatic hydroxyl groups is 1. The predicted molar refractivity (Wildman–Crippen MR) is 44.0 cm³/mol. The van der Waals surface area contributed by atoms with Crippen molar-refractivity contribution in [2.75, 3.05) is 20.7 Å². The maximum absolute atomic E-state index is 8.92. The summed E-state index contributed by atoms with van der Waals surface area (Å²) in [5.74, 6) is 0.426. The van der Waals surface area contributed by atoms with Crippen LogP contribution in [0.25, 0.3) is 0 Å². The molecule has 0 spiro atoms. The Morgan fingerprint density at radius 2 is 1.90 bits per heavy atom. The number of aliphatic hydroxyl groups excluding tert-OH is 1. The SMILES string of the molecule is CCC(CO)C(C)N(C)C. The summed E-state index contributed by atoms with van der Waals surface area (Å²) in [7, 11) is 4.09. The highest BCUT2D eigenvalue weighted by molar-refractivity contribution is 4.69. The zero-order valence-corrected chi connectivity index (χ0v) is 7.46. The predicted octanol–water partition coefficient (Wildman–Crippen LogP) is 0.955. The highest BCUT2D eigenvalue weighted by Crippen LogP contribution is 2.10. The molecule has 0 amide bonds. The molecule has 0 bridgehead atoms. The Balaban J connectivity index is 3.76. The van der Waals surface area contributed by atoms with Gasteiger partial charge in [0.2, 0.25) is 0 Å². The van der Waals surface area contributed by atoms with Crippen molar-refractivity contribution in [2.45, 2.75) is 26.3 Å². The number of hydrogen-bond donors (Lipinski definition) is 1. The minimum atomic E-state index is 0.301. The topological polar surface area (TPSA) is 23.5 Å². The van der Waals surface area contributed by atoms with Gasteiger partial charge in [0, 0.05) is 12.6 Å². The molecule has 0 saturated carbocycles. The van der Waals surface area contributed by atoms with Crippen molar-refractivity contribution >= 4 is 0 Å². The van der Waals surface area contributed by atoms with Gasteiger partial charge in [0.05, 0.1) is 0 Å². The molecular formula is C8H19NO. The quantitative estimate of drug-likeness (QED) is 0.637. The maximum atomic E-state index is 8.92. The van der Waals surface area contributed by atoms with E-state index in [1.165, 1.54) is 0 Å². The van der Waals surface area contributed by atoms with E-state index in [4.69, 9.17) is 5.11 Å². The van der Waals surface area contributed by atoms with Gasteiger partial charge in [-0.1, -0.05) is 6.92 Å². The molecule has 0 radical (unpaired) electrons. The van der Waals surface area contributed by atoms with Gasteiger partial charge in [-0.05, 0) is 33.4 Å². The van der Waals surface area contributed by atoms with E-state index in [9.17, 15) is 0 Å². The molecular weight excluding hydrogens is 126 g/mol. The van der Waals surface area contributed by atoms with Gasteiger partial charge >= 0.3 is 0 Å². The first-order valence-electron chi connectivity index (χ1n) is 3.90. The molecule has 0 aliphatic heterocycles. The van der Waals surface area contributed by atoms with Crippen molar-refractivity contribution in [3.8, 4) is 0 Å². The summed E-state index contributed by atoms with van der Waals surface area (Å²) in [5, 5.41) is 8.92. The van der Waals surface area contributed by atoms with E-state index in [1.807, 2.05) is 14.1 Å². The Morgan fingerprint density at radius 1 is 1.40 bits per heavy atom. The molecule has 0 aromatic rings. The molecule has 0 saturated heterocycles. The van der Waals surface area contributed by atoms with Crippen molar-refractivity contribution in [1.82, 2.24) is 4.90 Å². The van der Waals surface area contributed by atoms with E-state index in [1.54, 1.807) is 0 Å². The molecule has 0 aliphatic rings. The lowest BCUT2D eigenvalue weighted by Gasteiger charge is -2.26. The fraction of sp³-hybridized carbons (Fsp3) is 1.00. The average molecular weight is 145 g/mol. The molecule has 10 heavy (non-hydrogen) atoms. The van der Waals surface area contributed by atoms with Crippen LogP contribution in [0.5, 0.6) is 0 Å². The number of rotatable bonds is 4. The van der Waals surface area contributed by atoms with Crippen LogP contribution in [0.1, 0.15) is 20.3 Å². The van der Waals surface area contributed by atoms with Crippen LogP contribution in [-0.4, -0.2) is 36.8 Å². The normalized spacial score (nSPS) is 17.4. The fourth-order valence-electron chi connectivity index (χ4n) is 1.04. The van der Waals surface area contributed by atoms with Gasteiger partial charge in [0.15, 0.2) is 0 Å². The molecule has 2 atom stereocenters. The summed E-state index contributed by atoms with van der Waals surface area (Å²) in [5.41, 5.74) is 0. The van der Waals surface area contributed by atoms with Crippen molar-refractivity contribution < 1.29 is 5.11 Å². The third-order valence-corrected chi connectivity index (χ3v) is 2.26. The highest BCUT2D eigenvalue weighted by atomic mass is 16.3.